The molecule has 8 heteroatoms. The molecule has 0 atom stereocenters. The lowest BCUT2D eigenvalue weighted by Gasteiger charge is -2.12. The highest BCUT2D eigenvalue weighted by molar-refractivity contribution is 5.87. The number of carbonyl (C=O) groups is 1. The summed E-state index contributed by atoms with van der Waals surface area (Å²) in [5.41, 5.74) is 0.668. The standard InChI is InChI=1S/C24H20F3NO4/c1-2-30-23(29)13-9-18-8-11-20(14-21(18)31-16-17-6-4-3-5-7-17)32-22-12-10-19(15-28-22)24(25,26)27/h3-15H,2,16H2,1H3. The maximum absolute atomic E-state index is 12.7. The van der Waals surface area contributed by atoms with Gasteiger partial charge < -0.3 is 14.2 Å². The van der Waals surface area contributed by atoms with Crippen molar-refractivity contribution >= 4 is 12.0 Å². The molecule has 0 spiro atoms. The van der Waals surface area contributed by atoms with Crippen LogP contribution in [0.2, 0.25) is 0 Å². The van der Waals surface area contributed by atoms with Gasteiger partial charge in [0.25, 0.3) is 0 Å². The smallest absolute Gasteiger partial charge is 0.417 e. The molecule has 0 aliphatic carbocycles. The number of pyridine rings is 1. The van der Waals surface area contributed by atoms with E-state index in [-0.39, 0.29) is 19.1 Å². The predicted octanol–water partition coefficient (Wildman–Crippen LogP) is 6.05. The third-order valence-electron chi connectivity index (χ3n) is 4.19. The summed E-state index contributed by atoms with van der Waals surface area (Å²) in [5, 5.41) is 0. The van der Waals surface area contributed by atoms with Gasteiger partial charge in [-0.1, -0.05) is 30.3 Å². The number of ether oxygens (including phenoxy) is 3. The zero-order valence-corrected chi connectivity index (χ0v) is 17.1. The highest BCUT2D eigenvalue weighted by atomic mass is 19.4. The van der Waals surface area contributed by atoms with Gasteiger partial charge in [0.15, 0.2) is 0 Å². The van der Waals surface area contributed by atoms with Crippen molar-refractivity contribution in [3.8, 4) is 17.4 Å². The van der Waals surface area contributed by atoms with Gasteiger partial charge in [-0.05, 0) is 36.8 Å². The van der Waals surface area contributed by atoms with Crippen molar-refractivity contribution in [2.24, 2.45) is 0 Å². The number of carbonyl (C=O) groups excluding carboxylic acids is 1. The van der Waals surface area contributed by atoms with Crippen molar-refractivity contribution in [1.29, 1.82) is 0 Å². The lowest BCUT2D eigenvalue weighted by molar-refractivity contribution is -0.138. The second-order valence-corrected chi connectivity index (χ2v) is 6.54. The Hall–Kier alpha value is -3.81. The Labute approximate surface area is 183 Å². The van der Waals surface area contributed by atoms with Crippen molar-refractivity contribution in [2.75, 3.05) is 6.61 Å². The molecule has 5 nitrogen and oxygen atoms in total. The molecule has 0 aliphatic rings. The number of alkyl halides is 3. The molecule has 0 aliphatic heterocycles. The van der Waals surface area contributed by atoms with E-state index in [0.717, 1.165) is 17.7 Å². The summed E-state index contributed by atoms with van der Waals surface area (Å²) in [6.07, 6.45) is -0.930. The Balaban J connectivity index is 1.81. The van der Waals surface area contributed by atoms with Crippen LogP contribution < -0.4 is 9.47 Å². The summed E-state index contributed by atoms with van der Waals surface area (Å²) in [4.78, 5) is 15.4. The molecule has 3 aromatic rings. The lowest BCUT2D eigenvalue weighted by atomic mass is 10.1. The Morgan fingerprint density at radius 2 is 1.84 bits per heavy atom. The van der Waals surface area contributed by atoms with E-state index < -0.39 is 17.7 Å². The second-order valence-electron chi connectivity index (χ2n) is 6.54. The Morgan fingerprint density at radius 3 is 2.50 bits per heavy atom. The summed E-state index contributed by atoms with van der Waals surface area (Å²) in [5.74, 6) is 0.241. The summed E-state index contributed by atoms with van der Waals surface area (Å²) in [6, 6.07) is 16.3. The van der Waals surface area contributed by atoms with Crippen LogP contribution >= 0.6 is 0 Å². The summed E-state index contributed by atoms with van der Waals surface area (Å²) in [6.45, 7) is 2.23. The number of aromatic nitrogens is 1. The fourth-order valence-electron chi connectivity index (χ4n) is 2.65. The molecule has 0 saturated carbocycles. The van der Waals surface area contributed by atoms with E-state index in [2.05, 4.69) is 4.98 Å². The van der Waals surface area contributed by atoms with Gasteiger partial charge in [-0.25, -0.2) is 9.78 Å². The minimum atomic E-state index is -4.48. The van der Waals surface area contributed by atoms with Gasteiger partial charge >= 0.3 is 12.1 Å². The van der Waals surface area contributed by atoms with Gasteiger partial charge in [-0.15, -0.1) is 0 Å². The van der Waals surface area contributed by atoms with E-state index >= 15 is 0 Å². The van der Waals surface area contributed by atoms with Gasteiger partial charge in [0.1, 0.15) is 18.1 Å². The molecule has 3 rings (SSSR count). The molecule has 0 N–H and O–H groups in total. The molecule has 0 bridgehead atoms. The molecular weight excluding hydrogens is 423 g/mol. The van der Waals surface area contributed by atoms with Crippen LogP contribution in [0.1, 0.15) is 23.6 Å². The third-order valence-corrected chi connectivity index (χ3v) is 4.19. The number of hydrogen-bond donors (Lipinski definition) is 0. The van der Waals surface area contributed by atoms with E-state index in [4.69, 9.17) is 14.2 Å². The highest BCUT2D eigenvalue weighted by Gasteiger charge is 2.30. The summed E-state index contributed by atoms with van der Waals surface area (Å²) in [7, 11) is 0. The van der Waals surface area contributed by atoms with E-state index in [0.29, 0.717) is 23.3 Å². The van der Waals surface area contributed by atoms with Crippen molar-refractivity contribution in [2.45, 2.75) is 19.7 Å². The first-order chi connectivity index (χ1) is 15.3. The maximum atomic E-state index is 12.7. The number of rotatable bonds is 8. The molecule has 1 heterocycles. The van der Waals surface area contributed by atoms with Crippen molar-refractivity contribution in [1.82, 2.24) is 4.98 Å². The maximum Gasteiger partial charge on any atom is 0.417 e. The Morgan fingerprint density at radius 1 is 1.06 bits per heavy atom. The molecule has 0 fully saturated rings. The molecule has 0 unspecified atom stereocenters. The summed E-state index contributed by atoms with van der Waals surface area (Å²) >= 11 is 0. The van der Waals surface area contributed by atoms with Crippen molar-refractivity contribution in [3.63, 3.8) is 0 Å². The molecule has 2 aromatic carbocycles. The lowest BCUT2D eigenvalue weighted by Crippen LogP contribution is -2.05. The number of hydrogen-bond acceptors (Lipinski definition) is 5. The van der Waals surface area contributed by atoms with E-state index in [9.17, 15) is 18.0 Å². The zero-order valence-electron chi connectivity index (χ0n) is 17.1. The number of esters is 1. The highest BCUT2D eigenvalue weighted by Crippen LogP contribution is 2.32. The first kappa shape index (κ1) is 22.9. The Bertz CT molecular complexity index is 1060. The van der Waals surface area contributed by atoms with E-state index in [1.54, 1.807) is 31.2 Å². The van der Waals surface area contributed by atoms with Crippen LogP contribution in [0.5, 0.6) is 17.4 Å². The van der Waals surface area contributed by atoms with E-state index in [1.165, 1.54) is 6.08 Å². The predicted molar refractivity (Wildman–Crippen MR) is 112 cm³/mol. The molecule has 32 heavy (non-hydrogen) atoms. The molecule has 166 valence electrons. The van der Waals surface area contributed by atoms with Crippen LogP contribution in [0.3, 0.4) is 0 Å². The van der Waals surface area contributed by atoms with Crippen molar-refractivity contribution in [3.05, 3.63) is 89.6 Å². The molecule has 0 amide bonds. The van der Waals surface area contributed by atoms with Gasteiger partial charge in [0.2, 0.25) is 5.88 Å². The largest absolute Gasteiger partial charge is 0.488 e. The van der Waals surface area contributed by atoms with Crippen molar-refractivity contribution < 1.29 is 32.2 Å². The fourth-order valence-corrected chi connectivity index (χ4v) is 2.65. The van der Waals surface area contributed by atoms with Crippen LogP contribution in [0, 0.1) is 0 Å². The van der Waals surface area contributed by atoms with E-state index in [1.807, 2.05) is 30.3 Å². The molecule has 0 radical (unpaired) electrons. The fraction of sp³-hybridized carbons (Fsp3) is 0.167. The SMILES string of the molecule is CCOC(=O)C=Cc1ccc(Oc2ccc(C(F)(F)F)cn2)cc1OCc1ccccc1. The second kappa shape index (κ2) is 10.5. The average Bonchev–Trinajstić information content (AvgIpc) is 2.77. The molecule has 0 saturated heterocycles. The van der Waals surface area contributed by atoms with Crippen LogP contribution in [-0.4, -0.2) is 17.6 Å². The summed E-state index contributed by atoms with van der Waals surface area (Å²) < 4.78 is 54.5. The first-order valence-electron chi connectivity index (χ1n) is 9.72. The van der Waals surface area contributed by atoms with Gasteiger partial charge in [-0.2, -0.15) is 13.2 Å². The number of benzene rings is 2. The number of halogens is 3. The topological polar surface area (TPSA) is 57.7 Å². The van der Waals surface area contributed by atoms with Gasteiger partial charge in [0.05, 0.1) is 12.2 Å². The minimum absolute atomic E-state index is 0.00169. The van der Waals surface area contributed by atoms with Gasteiger partial charge in [-0.3, -0.25) is 0 Å². The quantitative estimate of drug-likeness (QED) is 0.313. The normalized spacial score (nSPS) is 11.4. The monoisotopic (exact) mass is 443 g/mol. The third kappa shape index (κ3) is 6.60. The zero-order chi connectivity index (χ0) is 23.0. The molecule has 1 aromatic heterocycles. The first-order valence-corrected chi connectivity index (χ1v) is 9.72. The van der Waals surface area contributed by atoms with Crippen LogP contribution in [0.25, 0.3) is 6.08 Å². The number of nitrogens with zero attached hydrogens (tertiary/aromatic N) is 1. The van der Waals surface area contributed by atoms with Crippen LogP contribution in [-0.2, 0) is 22.3 Å². The minimum Gasteiger partial charge on any atom is -0.488 e. The average molecular weight is 443 g/mol. The van der Waals surface area contributed by atoms with Gasteiger partial charge in [0, 0.05) is 30.0 Å². The Kier molecular flexibility index (Phi) is 7.49. The molecular formula is C24H20F3NO4. The van der Waals surface area contributed by atoms with Crippen LogP contribution in [0.15, 0.2) is 72.9 Å². The van der Waals surface area contributed by atoms with Crippen LogP contribution in [0.4, 0.5) is 13.2 Å².